The third kappa shape index (κ3) is 2.99. The Hall–Kier alpha value is -3.64. The Bertz CT molecular complexity index is 1550. The summed E-state index contributed by atoms with van der Waals surface area (Å²) in [4.78, 5) is 26.6. The lowest BCUT2D eigenvalue weighted by molar-refractivity contribution is 0.0690. The second kappa shape index (κ2) is 7.21. The van der Waals surface area contributed by atoms with Crippen molar-refractivity contribution in [2.45, 2.75) is 25.2 Å². The van der Waals surface area contributed by atoms with E-state index in [4.69, 9.17) is 4.42 Å². The molecule has 0 unspecified atom stereocenters. The van der Waals surface area contributed by atoms with Crippen molar-refractivity contribution in [3.05, 3.63) is 99.7 Å². The number of hydrogen-bond donors (Lipinski definition) is 1. The van der Waals surface area contributed by atoms with Crippen molar-refractivity contribution in [2.24, 2.45) is 0 Å². The van der Waals surface area contributed by atoms with E-state index in [-0.39, 0.29) is 11.3 Å². The van der Waals surface area contributed by atoms with E-state index in [9.17, 15) is 14.7 Å². The molecule has 0 atom stereocenters. The quantitative estimate of drug-likeness (QED) is 0.366. The second-order valence-electron chi connectivity index (χ2n) is 8.21. The lowest BCUT2D eigenvalue weighted by Crippen LogP contribution is -2.19. The molecule has 3 aromatic heterocycles. The largest absolute Gasteiger partial charge is 0.477 e. The first kappa shape index (κ1) is 19.1. The molecule has 32 heavy (non-hydrogen) atoms. The summed E-state index contributed by atoms with van der Waals surface area (Å²) in [6.07, 6.45) is 4.25. The van der Waals surface area contributed by atoms with Gasteiger partial charge in [0.1, 0.15) is 15.5 Å². The van der Waals surface area contributed by atoms with E-state index in [1.54, 1.807) is 18.2 Å². The summed E-state index contributed by atoms with van der Waals surface area (Å²) in [7, 11) is 0. The van der Waals surface area contributed by atoms with Crippen LogP contribution >= 0.6 is 11.3 Å². The zero-order chi connectivity index (χ0) is 21.8. The molecule has 6 heteroatoms. The van der Waals surface area contributed by atoms with E-state index in [0.717, 1.165) is 34.4 Å². The van der Waals surface area contributed by atoms with Crippen LogP contribution in [-0.2, 0) is 6.42 Å². The normalized spacial score (nSPS) is 13.8. The van der Waals surface area contributed by atoms with Crippen LogP contribution in [-0.4, -0.2) is 15.5 Å². The number of aromatic carboxylic acids is 1. The minimum atomic E-state index is -1.13. The van der Waals surface area contributed by atoms with Crippen molar-refractivity contribution in [3.63, 3.8) is 0 Å². The standard InChI is InChI=1S/C26H19NO4S/c28-21-14-18(13-17-7-3-6-15-5-1-2-8-19(15)17)22(16-10-11-16)25-27(21)23(26(29)30)24(32-25)20-9-4-12-31-20/h1-9,12,14,16H,10-11,13H2,(H,29,30). The van der Waals surface area contributed by atoms with E-state index in [1.807, 2.05) is 18.2 Å². The molecule has 0 amide bonds. The molecule has 0 radical (unpaired) electrons. The third-order valence-electron chi connectivity index (χ3n) is 6.13. The van der Waals surface area contributed by atoms with Crippen LogP contribution in [0.3, 0.4) is 0 Å². The summed E-state index contributed by atoms with van der Waals surface area (Å²) in [5.41, 5.74) is 2.91. The van der Waals surface area contributed by atoms with Gasteiger partial charge in [-0.15, -0.1) is 11.3 Å². The molecule has 1 aliphatic rings. The van der Waals surface area contributed by atoms with Gasteiger partial charge in [-0.05, 0) is 64.8 Å². The maximum atomic E-state index is 13.2. The third-order valence-corrected chi connectivity index (χ3v) is 7.32. The van der Waals surface area contributed by atoms with Gasteiger partial charge in [-0.1, -0.05) is 42.5 Å². The highest BCUT2D eigenvalue weighted by Gasteiger charge is 2.33. The Morgan fingerprint density at radius 2 is 1.88 bits per heavy atom. The number of carboxylic acids is 1. The van der Waals surface area contributed by atoms with E-state index in [0.29, 0.717) is 23.0 Å². The fourth-order valence-electron chi connectivity index (χ4n) is 4.58. The molecule has 1 fully saturated rings. The number of rotatable bonds is 5. The number of fused-ring (bicyclic) bond motifs is 2. The van der Waals surface area contributed by atoms with Gasteiger partial charge in [0.05, 0.1) is 6.26 Å². The van der Waals surface area contributed by atoms with Gasteiger partial charge in [0, 0.05) is 6.07 Å². The predicted molar refractivity (Wildman–Crippen MR) is 125 cm³/mol. The van der Waals surface area contributed by atoms with E-state index in [2.05, 4.69) is 24.3 Å². The van der Waals surface area contributed by atoms with Crippen LogP contribution in [0.2, 0.25) is 0 Å². The van der Waals surface area contributed by atoms with Gasteiger partial charge < -0.3 is 9.52 Å². The Morgan fingerprint density at radius 1 is 1.06 bits per heavy atom. The van der Waals surface area contributed by atoms with Crippen LogP contribution in [0.4, 0.5) is 0 Å². The molecule has 6 rings (SSSR count). The molecular formula is C26H19NO4S. The second-order valence-corrected chi connectivity index (χ2v) is 9.21. The van der Waals surface area contributed by atoms with Crippen molar-refractivity contribution in [3.8, 4) is 10.6 Å². The maximum Gasteiger partial charge on any atom is 0.354 e. The Kier molecular flexibility index (Phi) is 4.30. The number of hydrogen-bond acceptors (Lipinski definition) is 4. The van der Waals surface area contributed by atoms with Gasteiger partial charge in [0.2, 0.25) is 0 Å². The first-order valence-electron chi connectivity index (χ1n) is 10.6. The van der Waals surface area contributed by atoms with Crippen molar-refractivity contribution < 1.29 is 14.3 Å². The van der Waals surface area contributed by atoms with Gasteiger partial charge in [-0.25, -0.2) is 4.79 Å². The summed E-state index contributed by atoms with van der Waals surface area (Å²) < 4.78 is 6.87. The molecule has 1 aliphatic carbocycles. The predicted octanol–water partition coefficient (Wildman–Crippen LogP) is 5.94. The van der Waals surface area contributed by atoms with E-state index in [1.165, 1.54) is 32.8 Å². The van der Waals surface area contributed by atoms with Crippen molar-refractivity contribution >= 4 is 32.9 Å². The molecule has 1 N–H and O–H groups in total. The minimum Gasteiger partial charge on any atom is -0.477 e. The Balaban J connectivity index is 1.61. The summed E-state index contributed by atoms with van der Waals surface area (Å²) >= 11 is 1.34. The van der Waals surface area contributed by atoms with Gasteiger partial charge in [-0.3, -0.25) is 9.20 Å². The summed E-state index contributed by atoms with van der Waals surface area (Å²) in [5, 5.41) is 12.3. The van der Waals surface area contributed by atoms with Crippen molar-refractivity contribution in [1.29, 1.82) is 0 Å². The molecule has 0 bridgehead atoms. The lowest BCUT2D eigenvalue weighted by Gasteiger charge is -2.12. The number of pyridine rings is 1. The topological polar surface area (TPSA) is 71.9 Å². The molecule has 3 heterocycles. The highest BCUT2D eigenvalue weighted by Crippen LogP contribution is 2.47. The smallest absolute Gasteiger partial charge is 0.354 e. The van der Waals surface area contributed by atoms with Crippen LogP contribution in [0.1, 0.15) is 45.9 Å². The molecule has 5 nitrogen and oxygen atoms in total. The summed E-state index contributed by atoms with van der Waals surface area (Å²) in [6, 6.07) is 19.6. The fourth-order valence-corrected chi connectivity index (χ4v) is 5.95. The summed E-state index contributed by atoms with van der Waals surface area (Å²) in [5.74, 6) is -0.318. The maximum absolute atomic E-state index is 13.2. The molecule has 0 saturated heterocycles. The average Bonchev–Trinajstić information content (AvgIpc) is 3.31. The molecule has 1 saturated carbocycles. The van der Waals surface area contributed by atoms with Gasteiger partial charge in [0.15, 0.2) is 5.69 Å². The molecule has 5 aromatic rings. The zero-order valence-corrected chi connectivity index (χ0v) is 17.9. The number of furan rings is 1. The number of carbonyl (C=O) groups is 1. The SMILES string of the molecule is O=C(O)c1c(-c2ccco2)sc2c(C3CC3)c(Cc3cccc4ccccc34)cc(=O)n12. The van der Waals surface area contributed by atoms with Gasteiger partial charge in [0.25, 0.3) is 5.56 Å². The van der Waals surface area contributed by atoms with Gasteiger partial charge in [-0.2, -0.15) is 0 Å². The Labute approximate surface area is 187 Å². The van der Waals surface area contributed by atoms with Crippen molar-refractivity contribution in [2.75, 3.05) is 0 Å². The minimum absolute atomic E-state index is 0.0245. The first-order chi connectivity index (χ1) is 15.6. The van der Waals surface area contributed by atoms with Gasteiger partial charge >= 0.3 is 5.97 Å². The highest BCUT2D eigenvalue weighted by molar-refractivity contribution is 7.21. The van der Waals surface area contributed by atoms with Crippen LogP contribution in [0, 0.1) is 0 Å². The van der Waals surface area contributed by atoms with Crippen LogP contribution in [0.5, 0.6) is 0 Å². The van der Waals surface area contributed by atoms with Crippen molar-refractivity contribution in [1.82, 2.24) is 4.40 Å². The monoisotopic (exact) mass is 441 g/mol. The number of benzene rings is 2. The number of carboxylic acid groups (broad SMARTS) is 1. The van der Waals surface area contributed by atoms with Crippen LogP contribution in [0.25, 0.3) is 26.2 Å². The van der Waals surface area contributed by atoms with Crippen LogP contribution < -0.4 is 5.56 Å². The molecule has 0 spiro atoms. The number of nitrogens with zero attached hydrogens (tertiary/aromatic N) is 1. The lowest BCUT2D eigenvalue weighted by atomic mass is 9.95. The average molecular weight is 442 g/mol. The first-order valence-corrected chi connectivity index (χ1v) is 11.4. The molecular weight excluding hydrogens is 422 g/mol. The van der Waals surface area contributed by atoms with Crippen LogP contribution in [0.15, 0.2) is 76.1 Å². The molecule has 2 aromatic carbocycles. The Morgan fingerprint density at radius 3 is 2.62 bits per heavy atom. The fraction of sp³-hybridized carbons (Fsp3) is 0.154. The molecule has 158 valence electrons. The molecule has 0 aliphatic heterocycles. The number of aromatic nitrogens is 1. The van der Waals surface area contributed by atoms with E-state index < -0.39 is 5.97 Å². The van der Waals surface area contributed by atoms with E-state index >= 15 is 0 Å². The summed E-state index contributed by atoms with van der Waals surface area (Å²) in [6.45, 7) is 0. The zero-order valence-electron chi connectivity index (χ0n) is 17.1. The number of thiazole rings is 1. The highest BCUT2D eigenvalue weighted by atomic mass is 32.1.